The van der Waals surface area contributed by atoms with Crippen LogP contribution in [0.3, 0.4) is 0 Å². The fourth-order valence-electron chi connectivity index (χ4n) is 1.23. The number of anilines is 1. The third-order valence-electron chi connectivity index (χ3n) is 2.40. The van der Waals surface area contributed by atoms with Crippen molar-refractivity contribution in [3.05, 3.63) is 24.0 Å². The van der Waals surface area contributed by atoms with Crippen molar-refractivity contribution >= 4 is 11.7 Å². The van der Waals surface area contributed by atoms with Crippen LogP contribution in [-0.4, -0.2) is 28.8 Å². The maximum atomic E-state index is 11.5. The fraction of sp³-hybridized carbons (Fsp3) is 0.500. The summed E-state index contributed by atoms with van der Waals surface area (Å²) >= 11 is 0. The van der Waals surface area contributed by atoms with Gasteiger partial charge in [0.25, 0.3) is 0 Å². The van der Waals surface area contributed by atoms with Crippen LogP contribution in [-0.2, 0) is 0 Å². The van der Waals surface area contributed by atoms with E-state index in [0.717, 1.165) is 5.69 Å². The molecule has 94 valence electrons. The van der Waals surface area contributed by atoms with Gasteiger partial charge in [0.15, 0.2) is 0 Å². The van der Waals surface area contributed by atoms with Crippen molar-refractivity contribution < 1.29 is 9.90 Å². The van der Waals surface area contributed by atoms with Crippen LogP contribution >= 0.6 is 0 Å². The highest BCUT2D eigenvalue weighted by molar-refractivity contribution is 5.89. The van der Waals surface area contributed by atoms with Gasteiger partial charge in [0.2, 0.25) is 0 Å². The highest BCUT2D eigenvalue weighted by Crippen LogP contribution is 2.06. The molecule has 3 N–H and O–H groups in total. The number of carbonyl (C=O) groups excluding carboxylic acids is 1. The van der Waals surface area contributed by atoms with Crippen LogP contribution in [0.25, 0.3) is 0 Å². The lowest BCUT2D eigenvalue weighted by molar-refractivity contribution is 0.126. The zero-order chi connectivity index (χ0) is 12.8. The molecular weight excluding hydrogens is 218 g/mol. The summed E-state index contributed by atoms with van der Waals surface area (Å²) in [4.78, 5) is 15.5. The number of aryl methyl sites for hydroxylation is 1. The van der Waals surface area contributed by atoms with Gasteiger partial charge in [0.05, 0.1) is 6.10 Å². The van der Waals surface area contributed by atoms with E-state index in [1.54, 1.807) is 18.3 Å². The number of aliphatic hydroxyl groups is 1. The van der Waals surface area contributed by atoms with Crippen molar-refractivity contribution in [2.24, 2.45) is 5.92 Å². The molecule has 0 spiro atoms. The molecule has 0 aromatic carbocycles. The van der Waals surface area contributed by atoms with Crippen LogP contribution < -0.4 is 10.6 Å². The minimum atomic E-state index is -0.528. The molecule has 2 amide bonds. The molecule has 0 aliphatic rings. The van der Waals surface area contributed by atoms with Crippen LogP contribution in [0.1, 0.15) is 19.5 Å². The first kappa shape index (κ1) is 13.4. The number of amides is 2. The molecule has 5 nitrogen and oxygen atoms in total. The molecule has 1 rings (SSSR count). The second-order valence-electron chi connectivity index (χ2n) is 4.33. The standard InChI is InChI=1S/C12H19N3O2/c1-8(2)11(16)7-14-12(17)15-10-4-5-13-9(3)6-10/h4-6,8,11,16H,7H2,1-3H3,(H2,13,14,15,17). The SMILES string of the molecule is Cc1cc(NC(=O)NCC(O)C(C)C)ccn1. The second kappa shape index (κ2) is 6.20. The highest BCUT2D eigenvalue weighted by atomic mass is 16.3. The largest absolute Gasteiger partial charge is 0.391 e. The van der Waals surface area contributed by atoms with Crippen LogP contribution in [0.15, 0.2) is 18.3 Å². The summed E-state index contributed by atoms with van der Waals surface area (Å²) in [6.07, 6.45) is 1.11. The van der Waals surface area contributed by atoms with E-state index in [9.17, 15) is 9.90 Å². The number of urea groups is 1. The van der Waals surface area contributed by atoms with E-state index >= 15 is 0 Å². The summed E-state index contributed by atoms with van der Waals surface area (Å²) in [6.45, 7) is 5.89. The minimum Gasteiger partial charge on any atom is -0.391 e. The minimum absolute atomic E-state index is 0.124. The average molecular weight is 237 g/mol. The summed E-state index contributed by atoms with van der Waals surface area (Å²) < 4.78 is 0. The molecule has 5 heteroatoms. The van der Waals surface area contributed by atoms with Gasteiger partial charge < -0.3 is 15.7 Å². The highest BCUT2D eigenvalue weighted by Gasteiger charge is 2.10. The van der Waals surface area contributed by atoms with E-state index in [2.05, 4.69) is 15.6 Å². The number of aromatic nitrogens is 1. The number of hydrogen-bond acceptors (Lipinski definition) is 3. The maximum absolute atomic E-state index is 11.5. The van der Waals surface area contributed by atoms with Crippen molar-refractivity contribution in [2.45, 2.75) is 26.9 Å². The first-order valence-corrected chi connectivity index (χ1v) is 5.64. The summed E-state index contributed by atoms with van der Waals surface area (Å²) in [5.74, 6) is 0.124. The number of rotatable bonds is 4. The molecule has 0 fully saturated rings. The van der Waals surface area contributed by atoms with Gasteiger partial charge in [0, 0.05) is 24.1 Å². The van der Waals surface area contributed by atoms with Crippen molar-refractivity contribution in [1.82, 2.24) is 10.3 Å². The Morgan fingerprint density at radius 2 is 2.24 bits per heavy atom. The maximum Gasteiger partial charge on any atom is 0.319 e. The first-order valence-electron chi connectivity index (χ1n) is 5.64. The second-order valence-corrected chi connectivity index (χ2v) is 4.33. The van der Waals surface area contributed by atoms with Gasteiger partial charge >= 0.3 is 6.03 Å². The molecule has 17 heavy (non-hydrogen) atoms. The molecule has 0 radical (unpaired) electrons. The van der Waals surface area contributed by atoms with Crippen LogP contribution in [0.4, 0.5) is 10.5 Å². The van der Waals surface area contributed by atoms with Gasteiger partial charge in [-0.15, -0.1) is 0 Å². The number of pyridine rings is 1. The monoisotopic (exact) mass is 237 g/mol. The zero-order valence-electron chi connectivity index (χ0n) is 10.4. The van der Waals surface area contributed by atoms with Crippen molar-refractivity contribution in [1.29, 1.82) is 0 Å². The molecular formula is C12H19N3O2. The van der Waals surface area contributed by atoms with E-state index in [4.69, 9.17) is 0 Å². The Labute approximate surface area is 101 Å². The molecule has 1 unspecified atom stereocenters. The lowest BCUT2D eigenvalue weighted by atomic mass is 10.1. The third kappa shape index (κ3) is 4.82. The Hall–Kier alpha value is -1.62. The quantitative estimate of drug-likeness (QED) is 0.743. The topological polar surface area (TPSA) is 74.2 Å². The molecule has 0 saturated carbocycles. The normalized spacial score (nSPS) is 12.3. The molecule has 0 saturated heterocycles. The van der Waals surface area contributed by atoms with E-state index in [1.165, 1.54) is 0 Å². The van der Waals surface area contributed by atoms with Crippen LogP contribution in [0.2, 0.25) is 0 Å². The molecule has 0 aliphatic heterocycles. The Bertz CT molecular complexity index is 380. The number of aliphatic hydroxyl groups excluding tert-OH is 1. The molecule has 1 heterocycles. The first-order chi connectivity index (χ1) is 7.99. The predicted octanol–water partition coefficient (Wildman–Crippen LogP) is 1.53. The van der Waals surface area contributed by atoms with Crippen molar-refractivity contribution in [3.63, 3.8) is 0 Å². The van der Waals surface area contributed by atoms with Crippen LogP contribution in [0.5, 0.6) is 0 Å². The van der Waals surface area contributed by atoms with Gasteiger partial charge in [-0.3, -0.25) is 4.98 Å². The van der Waals surface area contributed by atoms with E-state index in [0.29, 0.717) is 5.69 Å². The fourth-order valence-corrected chi connectivity index (χ4v) is 1.23. The molecule has 1 aromatic rings. The lowest BCUT2D eigenvalue weighted by Gasteiger charge is -2.15. The lowest BCUT2D eigenvalue weighted by Crippen LogP contribution is -2.37. The third-order valence-corrected chi connectivity index (χ3v) is 2.40. The van der Waals surface area contributed by atoms with Gasteiger partial charge in [-0.2, -0.15) is 0 Å². The van der Waals surface area contributed by atoms with Gasteiger partial charge in [-0.05, 0) is 25.0 Å². The summed E-state index contributed by atoms with van der Waals surface area (Å²) in [6, 6.07) is 3.17. The summed E-state index contributed by atoms with van der Waals surface area (Å²) in [7, 11) is 0. The van der Waals surface area contributed by atoms with E-state index in [-0.39, 0.29) is 18.5 Å². The molecule has 0 aliphatic carbocycles. The number of carbonyl (C=O) groups is 1. The average Bonchev–Trinajstić information content (AvgIpc) is 2.25. The number of nitrogens with one attached hydrogen (secondary N) is 2. The Morgan fingerprint density at radius 3 is 2.82 bits per heavy atom. The Morgan fingerprint density at radius 1 is 1.53 bits per heavy atom. The predicted molar refractivity (Wildman–Crippen MR) is 66.8 cm³/mol. The van der Waals surface area contributed by atoms with Crippen LogP contribution in [0, 0.1) is 12.8 Å². The van der Waals surface area contributed by atoms with Crippen molar-refractivity contribution in [2.75, 3.05) is 11.9 Å². The number of hydrogen-bond donors (Lipinski definition) is 3. The Balaban J connectivity index is 2.40. The van der Waals surface area contributed by atoms with E-state index in [1.807, 2.05) is 20.8 Å². The molecule has 1 atom stereocenters. The summed E-state index contributed by atoms with van der Waals surface area (Å²) in [5, 5.41) is 14.8. The Kier molecular flexibility index (Phi) is 4.90. The van der Waals surface area contributed by atoms with Gasteiger partial charge in [0.1, 0.15) is 0 Å². The summed E-state index contributed by atoms with van der Waals surface area (Å²) in [5.41, 5.74) is 1.53. The van der Waals surface area contributed by atoms with Gasteiger partial charge in [-0.25, -0.2) is 4.79 Å². The van der Waals surface area contributed by atoms with Gasteiger partial charge in [-0.1, -0.05) is 13.8 Å². The van der Waals surface area contributed by atoms with Crippen molar-refractivity contribution in [3.8, 4) is 0 Å². The molecule has 1 aromatic heterocycles. The molecule has 0 bridgehead atoms. The zero-order valence-corrected chi connectivity index (χ0v) is 10.4. The smallest absolute Gasteiger partial charge is 0.319 e. The number of nitrogens with zero attached hydrogens (tertiary/aromatic N) is 1. The van der Waals surface area contributed by atoms with E-state index < -0.39 is 6.10 Å².